The summed E-state index contributed by atoms with van der Waals surface area (Å²) >= 11 is 0. The van der Waals surface area contributed by atoms with E-state index < -0.39 is 0 Å². The molecule has 1 saturated carbocycles. The van der Waals surface area contributed by atoms with Crippen molar-refractivity contribution >= 4 is 0 Å². The first-order chi connectivity index (χ1) is 9.57. The van der Waals surface area contributed by atoms with Gasteiger partial charge in [-0.3, -0.25) is 0 Å². The van der Waals surface area contributed by atoms with E-state index in [9.17, 15) is 0 Å². The molecule has 1 unspecified atom stereocenters. The molecule has 1 aromatic carbocycles. The Morgan fingerprint density at radius 2 is 2.15 bits per heavy atom. The second-order valence-corrected chi connectivity index (χ2v) is 6.69. The molecule has 1 fully saturated rings. The van der Waals surface area contributed by atoms with Crippen LogP contribution in [0.25, 0.3) is 0 Å². The predicted octanol–water partition coefficient (Wildman–Crippen LogP) is 3.69. The molecule has 3 heteroatoms. The van der Waals surface area contributed by atoms with Gasteiger partial charge in [0.2, 0.25) is 0 Å². The van der Waals surface area contributed by atoms with Crippen molar-refractivity contribution in [3.8, 4) is 11.5 Å². The molecule has 0 aromatic heterocycles. The SMILES string of the molecule is CNC1CC(C)(C)Oc2cc(OCCC3CC3)ccc21. The first-order valence-electron chi connectivity index (χ1n) is 7.70. The highest BCUT2D eigenvalue weighted by atomic mass is 16.5. The Labute approximate surface area is 121 Å². The first kappa shape index (κ1) is 13.7. The fourth-order valence-corrected chi connectivity index (χ4v) is 2.93. The van der Waals surface area contributed by atoms with Gasteiger partial charge in [0, 0.05) is 24.1 Å². The van der Waals surface area contributed by atoms with E-state index in [2.05, 4.69) is 31.3 Å². The molecule has 0 amide bonds. The van der Waals surface area contributed by atoms with Crippen molar-refractivity contribution < 1.29 is 9.47 Å². The van der Waals surface area contributed by atoms with Crippen molar-refractivity contribution in [2.75, 3.05) is 13.7 Å². The van der Waals surface area contributed by atoms with Crippen LogP contribution in [0.2, 0.25) is 0 Å². The fourth-order valence-electron chi connectivity index (χ4n) is 2.93. The molecule has 3 rings (SSSR count). The predicted molar refractivity (Wildman–Crippen MR) is 80.4 cm³/mol. The number of benzene rings is 1. The van der Waals surface area contributed by atoms with Gasteiger partial charge in [-0.1, -0.05) is 18.9 Å². The van der Waals surface area contributed by atoms with Gasteiger partial charge in [0.25, 0.3) is 0 Å². The minimum absolute atomic E-state index is 0.132. The van der Waals surface area contributed by atoms with E-state index in [-0.39, 0.29) is 5.60 Å². The maximum Gasteiger partial charge on any atom is 0.128 e. The molecular formula is C17H25NO2. The van der Waals surface area contributed by atoms with Gasteiger partial charge in [-0.25, -0.2) is 0 Å². The molecule has 1 aliphatic carbocycles. The highest BCUT2D eigenvalue weighted by Crippen LogP contribution is 2.41. The van der Waals surface area contributed by atoms with Crippen molar-refractivity contribution in [2.45, 2.75) is 51.2 Å². The monoisotopic (exact) mass is 275 g/mol. The summed E-state index contributed by atoms with van der Waals surface area (Å²) in [7, 11) is 2.01. The Morgan fingerprint density at radius 1 is 1.35 bits per heavy atom. The van der Waals surface area contributed by atoms with E-state index in [1.807, 2.05) is 13.1 Å². The second kappa shape index (κ2) is 5.28. The number of rotatable bonds is 5. The van der Waals surface area contributed by atoms with Gasteiger partial charge in [-0.05, 0) is 39.3 Å². The Kier molecular flexibility index (Phi) is 3.63. The molecule has 3 nitrogen and oxygen atoms in total. The van der Waals surface area contributed by atoms with E-state index in [1.165, 1.54) is 24.8 Å². The topological polar surface area (TPSA) is 30.5 Å². The summed E-state index contributed by atoms with van der Waals surface area (Å²) in [6.07, 6.45) is 4.93. The van der Waals surface area contributed by atoms with E-state index in [4.69, 9.17) is 9.47 Å². The van der Waals surface area contributed by atoms with Gasteiger partial charge in [-0.2, -0.15) is 0 Å². The summed E-state index contributed by atoms with van der Waals surface area (Å²) in [4.78, 5) is 0. The molecule has 1 aliphatic heterocycles. The molecule has 0 spiro atoms. The third-order valence-corrected chi connectivity index (χ3v) is 4.28. The highest BCUT2D eigenvalue weighted by molar-refractivity contribution is 5.44. The Bertz CT molecular complexity index is 480. The Hall–Kier alpha value is -1.22. The highest BCUT2D eigenvalue weighted by Gasteiger charge is 2.33. The number of fused-ring (bicyclic) bond motifs is 1. The minimum Gasteiger partial charge on any atom is -0.493 e. The summed E-state index contributed by atoms with van der Waals surface area (Å²) in [5.74, 6) is 2.80. The number of hydrogen-bond donors (Lipinski definition) is 1. The van der Waals surface area contributed by atoms with Crippen LogP contribution in [0.4, 0.5) is 0 Å². The molecule has 1 aromatic rings. The van der Waals surface area contributed by atoms with Gasteiger partial charge >= 0.3 is 0 Å². The summed E-state index contributed by atoms with van der Waals surface area (Å²) in [5, 5.41) is 3.38. The van der Waals surface area contributed by atoms with Crippen LogP contribution < -0.4 is 14.8 Å². The molecule has 1 N–H and O–H groups in total. The zero-order valence-corrected chi connectivity index (χ0v) is 12.7. The van der Waals surface area contributed by atoms with Crippen LogP contribution in [0.1, 0.15) is 51.1 Å². The van der Waals surface area contributed by atoms with E-state index in [0.29, 0.717) is 6.04 Å². The molecule has 1 heterocycles. The van der Waals surface area contributed by atoms with Crippen LogP contribution in [-0.4, -0.2) is 19.3 Å². The van der Waals surface area contributed by atoms with Gasteiger partial charge in [0.15, 0.2) is 0 Å². The molecule has 110 valence electrons. The normalized spacial score (nSPS) is 23.9. The molecule has 0 radical (unpaired) electrons. The zero-order valence-electron chi connectivity index (χ0n) is 12.7. The second-order valence-electron chi connectivity index (χ2n) is 6.69. The average Bonchev–Trinajstić information content (AvgIpc) is 3.20. The van der Waals surface area contributed by atoms with E-state index >= 15 is 0 Å². The van der Waals surface area contributed by atoms with Gasteiger partial charge in [0.1, 0.15) is 17.1 Å². The molecule has 0 bridgehead atoms. The van der Waals surface area contributed by atoms with Crippen LogP contribution in [0, 0.1) is 5.92 Å². The molecule has 20 heavy (non-hydrogen) atoms. The van der Waals surface area contributed by atoms with Gasteiger partial charge in [0.05, 0.1) is 6.61 Å². The molecule has 2 aliphatic rings. The fraction of sp³-hybridized carbons (Fsp3) is 0.647. The maximum absolute atomic E-state index is 6.11. The quantitative estimate of drug-likeness (QED) is 0.889. The summed E-state index contributed by atoms with van der Waals surface area (Å²) in [6.45, 7) is 5.10. The molecular weight excluding hydrogens is 250 g/mol. The summed E-state index contributed by atoms with van der Waals surface area (Å²) in [6, 6.07) is 6.61. The van der Waals surface area contributed by atoms with E-state index in [1.54, 1.807) is 0 Å². The minimum atomic E-state index is -0.132. The summed E-state index contributed by atoms with van der Waals surface area (Å²) in [5.41, 5.74) is 1.11. The van der Waals surface area contributed by atoms with Crippen LogP contribution in [0.5, 0.6) is 11.5 Å². The lowest BCUT2D eigenvalue weighted by Crippen LogP contribution is -2.38. The van der Waals surface area contributed by atoms with Crippen molar-refractivity contribution in [2.24, 2.45) is 5.92 Å². The van der Waals surface area contributed by atoms with Crippen LogP contribution in [0.3, 0.4) is 0 Å². The van der Waals surface area contributed by atoms with Crippen molar-refractivity contribution in [1.29, 1.82) is 0 Å². The lowest BCUT2D eigenvalue weighted by molar-refractivity contribution is 0.0671. The maximum atomic E-state index is 6.11. The number of nitrogens with one attached hydrogen (secondary N) is 1. The summed E-state index contributed by atoms with van der Waals surface area (Å²) < 4.78 is 12.0. The molecule has 1 atom stereocenters. The lowest BCUT2D eigenvalue weighted by atomic mass is 9.90. The van der Waals surface area contributed by atoms with Crippen molar-refractivity contribution in [3.05, 3.63) is 23.8 Å². The first-order valence-corrected chi connectivity index (χ1v) is 7.70. The largest absolute Gasteiger partial charge is 0.493 e. The number of hydrogen-bond acceptors (Lipinski definition) is 3. The number of ether oxygens (including phenoxy) is 2. The van der Waals surface area contributed by atoms with E-state index in [0.717, 1.165) is 30.4 Å². The van der Waals surface area contributed by atoms with Gasteiger partial charge < -0.3 is 14.8 Å². The third-order valence-electron chi connectivity index (χ3n) is 4.28. The zero-order chi connectivity index (χ0) is 14.2. The Morgan fingerprint density at radius 3 is 2.85 bits per heavy atom. The standard InChI is InChI=1S/C17H25NO2/c1-17(2)11-15(18-3)14-7-6-13(10-16(14)20-17)19-9-8-12-4-5-12/h6-7,10,12,15,18H,4-5,8-9,11H2,1-3H3. The van der Waals surface area contributed by atoms with Crippen molar-refractivity contribution in [3.63, 3.8) is 0 Å². The van der Waals surface area contributed by atoms with Gasteiger partial charge in [-0.15, -0.1) is 0 Å². The third kappa shape index (κ3) is 3.09. The van der Waals surface area contributed by atoms with Crippen LogP contribution in [0.15, 0.2) is 18.2 Å². The molecule has 0 saturated heterocycles. The van der Waals surface area contributed by atoms with Crippen LogP contribution >= 0.6 is 0 Å². The average molecular weight is 275 g/mol. The van der Waals surface area contributed by atoms with Crippen LogP contribution in [-0.2, 0) is 0 Å². The lowest BCUT2D eigenvalue weighted by Gasteiger charge is -2.37. The smallest absolute Gasteiger partial charge is 0.128 e. The Balaban J connectivity index is 1.72. The van der Waals surface area contributed by atoms with Crippen molar-refractivity contribution in [1.82, 2.24) is 5.32 Å².